The average molecular weight is 442 g/mol. The fourth-order valence-electron chi connectivity index (χ4n) is 2.27. The van der Waals surface area contributed by atoms with E-state index in [1.807, 2.05) is 21.0 Å². The normalized spacial score (nSPS) is 10.4. The summed E-state index contributed by atoms with van der Waals surface area (Å²) in [4.78, 5) is 0. The first-order valence-corrected chi connectivity index (χ1v) is 17.5. The highest BCUT2D eigenvalue weighted by molar-refractivity contribution is 7.82. The number of rotatable bonds is 11. The lowest BCUT2D eigenvalue weighted by Gasteiger charge is -2.14. The van der Waals surface area contributed by atoms with E-state index in [1.165, 1.54) is 21.1 Å². The van der Waals surface area contributed by atoms with Gasteiger partial charge in [-0.15, -0.1) is 0 Å². The van der Waals surface area contributed by atoms with E-state index in [2.05, 4.69) is 49.9 Å². The lowest BCUT2D eigenvalue weighted by molar-refractivity contribution is 0.331. The van der Waals surface area contributed by atoms with Gasteiger partial charge in [0.1, 0.15) is 0 Å². The van der Waals surface area contributed by atoms with Crippen LogP contribution in [0, 0.1) is 0 Å². The Balaban J connectivity index is -0.000000315. The van der Waals surface area contributed by atoms with Gasteiger partial charge in [-0.1, -0.05) is 73.2 Å². The van der Waals surface area contributed by atoms with Crippen molar-refractivity contribution in [3.63, 3.8) is 0 Å². The Morgan fingerprint density at radius 3 is 1.23 bits per heavy atom. The molecule has 0 aliphatic carbocycles. The molecular formula is C16H42Al3NO5S. The van der Waals surface area contributed by atoms with Crippen molar-refractivity contribution in [2.45, 2.75) is 73.2 Å². The predicted molar refractivity (Wildman–Crippen MR) is 118 cm³/mol. The second-order valence-electron chi connectivity index (χ2n) is 6.22. The highest BCUT2D eigenvalue weighted by atomic mass is 32.3. The monoisotopic (exact) mass is 441 g/mol. The van der Waals surface area contributed by atoms with Crippen LogP contribution < -0.4 is 0 Å². The van der Waals surface area contributed by atoms with Crippen molar-refractivity contribution in [2.75, 3.05) is 28.3 Å². The standard InChI is InChI=1S/C2H6N.6C2H5.CH4O4S.CH3O.3Al/c1-3-2;6*1-2;1-5-6(2,3)4;1-2;;;/h1-2H3;6*1H2,2H3;1H3,(H,2,3,4);1H3;;;/q-1;;;;;;;;-1;3*+1/p-1. The Morgan fingerprint density at radius 1 is 0.731 bits per heavy atom. The molecule has 156 valence electrons. The van der Waals surface area contributed by atoms with E-state index < -0.39 is 53.7 Å². The highest BCUT2D eigenvalue weighted by Gasteiger charge is 2.23. The topological polar surface area (TPSA) is 65.1 Å². The van der Waals surface area contributed by atoms with E-state index in [9.17, 15) is 8.42 Å². The smallest absolute Gasteiger partial charge is 0.487 e. The Bertz CT molecular complexity index is 369. The maximum atomic E-state index is 10.7. The summed E-state index contributed by atoms with van der Waals surface area (Å²) >= 11 is -2.65. The first-order chi connectivity index (χ1) is 12.1. The Kier molecular flexibility index (Phi) is 26.0. The summed E-state index contributed by atoms with van der Waals surface area (Å²) in [7, 11) is 3.64. The minimum Gasteiger partial charge on any atom is -0.503 e. The summed E-state index contributed by atoms with van der Waals surface area (Å²) in [5, 5.41) is 6.96. The van der Waals surface area contributed by atoms with E-state index in [0.717, 1.165) is 17.7 Å². The van der Waals surface area contributed by atoms with Gasteiger partial charge in [0.15, 0.2) is 0 Å². The molecule has 0 amide bonds. The molecular weight excluding hydrogens is 399 g/mol. The lowest BCUT2D eigenvalue weighted by Crippen LogP contribution is -2.30. The lowest BCUT2D eigenvalue weighted by atomic mass is 10.9. The Morgan fingerprint density at radius 2 is 1.12 bits per heavy atom. The van der Waals surface area contributed by atoms with Crippen molar-refractivity contribution in [1.29, 1.82) is 0 Å². The van der Waals surface area contributed by atoms with Crippen molar-refractivity contribution in [3.05, 3.63) is 0 Å². The number of hydrogen-bond acceptors (Lipinski definition) is 6. The van der Waals surface area contributed by atoms with Gasteiger partial charge >= 0.3 is 53.7 Å². The Labute approximate surface area is 178 Å². The molecule has 0 aliphatic rings. The third-order valence-electron chi connectivity index (χ3n) is 4.29. The molecule has 0 bridgehead atoms. The fraction of sp³-hybridized carbons (Fsp3) is 1.00. The van der Waals surface area contributed by atoms with E-state index in [4.69, 9.17) is 7.02 Å². The molecule has 0 fully saturated rings. The molecule has 0 aliphatic heterocycles. The van der Waals surface area contributed by atoms with E-state index in [0.29, 0.717) is 0 Å². The third-order valence-corrected chi connectivity index (χ3v) is 14.4. The molecule has 0 heterocycles. The summed E-state index contributed by atoms with van der Waals surface area (Å²) in [6.45, 7) is 12.8. The molecule has 0 aromatic carbocycles. The molecule has 0 rings (SSSR count). The van der Waals surface area contributed by atoms with Crippen LogP contribution in [0.2, 0.25) is 31.7 Å². The number of nitrogens with zero attached hydrogens (tertiary/aromatic N) is 1. The van der Waals surface area contributed by atoms with Crippen molar-refractivity contribution >= 4 is 53.7 Å². The van der Waals surface area contributed by atoms with Gasteiger partial charge in [-0.05, 0) is 14.1 Å². The molecule has 10 heteroatoms. The van der Waals surface area contributed by atoms with Gasteiger partial charge in [0.2, 0.25) is 0 Å². The van der Waals surface area contributed by atoms with Crippen LogP contribution in [0.25, 0.3) is 0 Å². The minimum atomic E-state index is -3.68. The summed E-state index contributed by atoms with van der Waals surface area (Å²) in [5.74, 6) is 0. The molecule has 0 unspecified atom stereocenters. The average Bonchev–Trinajstić information content (AvgIpc) is 2.63. The first kappa shape index (κ1) is 32.1. The van der Waals surface area contributed by atoms with Crippen LogP contribution >= 0.6 is 0 Å². The van der Waals surface area contributed by atoms with Crippen LogP contribution in [0.5, 0.6) is 0 Å². The van der Waals surface area contributed by atoms with Crippen LogP contribution in [0.4, 0.5) is 0 Å². The van der Waals surface area contributed by atoms with Crippen LogP contribution in [-0.2, 0) is 21.6 Å². The van der Waals surface area contributed by atoms with Gasteiger partial charge in [0.25, 0.3) is 0 Å². The SMILES string of the molecule is C[CH2][Al]([CH2]C)[N](C)C.C[CH2][Al]([CH2]C)[O]C.C[CH2][Al]([CH2]C)[O]S(=O)(=O)OC. The van der Waals surface area contributed by atoms with E-state index in [-0.39, 0.29) is 0 Å². The van der Waals surface area contributed by atoms with Gasteiger partial charge in [-0.2, -0.15) is 8.42 Å². The predicted octanol–water partition coefficient (Wildman–Crippen LogP) is 4.17. The molecule has 0 spiro atoms. The molecule has 0 aromatic rings. The molecule has 0 atom stereocenters. The zero-order valence-electron chi connectivity index (χ0n) is 18.9. The fourth-order valence-corrected chi connectivity index (χ4v) is 8.87. The van der Waals surface area contributed by atoms with Crippen LogP contribution in [0.1, 0.15) is 41.5 Å². The molecule has 26 heavy (non-hydrogen) atoms. The molecule has 0 saturated heterocycles. The van der Waals surface area contributed by atoms with Gasteiger partial charge in [0, 0.05) is 7.11 Å². The molecule has 0 saturated carbocycles. The maximum Gasteiger partial charge on any atom is 0.487 e. The summed E-state index contributed by atoms with van der Waals surface area (Å²) in [6.07, 6.45) is 0. The van der Waals surface area contributed by atoms with Crippen molar-refractivity contribution in [3.8, 4) is 0 Å². The van der Waals surface area contributed by atoms with Gasteiger partial charge in [-0.25, -0.2) is 0 Å². The van der Waals surface area contributed by atoms with Gasteiger partial charge in [0.05, 0.1) is 7.11 Å². The van der Waals surface area contributed by atoms with Crippen molar-refractivity contribution in [1.82, 2.24) is 3.88 Å². The second-order valence-corrected chi connectivity index (χ2v) is 18.3. The van der Waals surface area contributed by atoms with Crippen LogP contribution in [0.3, 0.4) is 0 Å². The largest absolute Gasteiger partial charge is 0.503 e. The maximum absolute atomic E-state index is 10.7. The highest BCUT2D eigenvalue weighted by Crippen LogP contribution is 2.05. The molecule has 0 aromatic heterocycles. The molecule has 0 radical (unpaired) electrons. The van der Waals surface area contributed by atoms with Crippen LogP contribution in [-0.4, -0.2) is 84.0 Å². The summed E-state index contributed by atoms with van der Waals surface area (Å²) in [5.41, 5.74) is 0. The zero-order valence-corrected chi connectivity index (χ0v) is 23.2. The Hall–Kier alpha value is 1.39. The first-order valence-electron chi connectivity index (χ1n) is 9.80. The molecule has 0 N–H and O–H groups in total. The number of hydrogen-bond donors (Lipinski definition) is 0. The third kappa shape index (κ3) is 20.1. The minimum absolute atomic E-state index is 0.432. The summed E-state index contributed by atoms with van der Waals surface area (Å²) in [6, 6.07) is 0. The van der Waals surface area contributed by atoms with Gasteiger partial charge in [-0.3, -0.25) is 4.18 Å². The molecule has 6 nitrogen and oxygen atoms in total. The van der Waals surface area contributed by atoms with E-state index in [1.54, 1.807) is 0 Å². The van der Waals surface area contributed by atoms with Gasteiger partial charge < -0.3 is 10.9 Å². The summed E-state index contributed by atoms with van der Waals surface area (Å²) < 4.78 is 38.0. The van der Waals surface area contributed by atoms with E-state index >= 15 is 0 Å². The second kappa shape index (κ2) is 21.1. The van der Waals surface area contributed by atoms with Crippen molar-refractivity contribution in [2.24, 2.45) is 0 Å². The van der Waals surface area contributed by atoms with Crippen molar-refractivity contribution < 1.29 is 19.6 Å². The zero-order chi connectivity index (χ0) is 21.2. The van der Waals surface area contributed by atoms with Crippen LogP contribution in [0.15, 0.2) is 0 Å². The quantitative estimate of drug-likeness (QED) is 0.449.